The maximum atomic E-state index is 12.3. The summed E-state index contributed by atoms with van der Waals surface area (Å²) in [4.78, 5) is 26.7. The lowest BCUT2D eigenvalue weighted by Crippen LogP contribution is -2.34. The van der Waals surface area contributed by atoms with Crippen molar-refractivity contribution in [2.75, 3.05) is 5.43 Å². The summed E-state index contributed by atoms with van der Waals surface area (Å²) in [6.45, 7) is 1.43. The van der Waals surface area contributed by atoms with Crippen LogP contribution in [0.5, 0.6) is 0 Å². The van der Waals surface area contributed by atoms with E-state index in [4.69, 9.17) is 0 Å². The number of carbonyl (C=O) groups excluding carboxylic acids is 1. The van der Waals surface area contributed by atoms with Gasteiger partial charge in [-0.2, -0.15) is 0 Å². The molecule has 0 bridgehead atoms. The molecule has 5 heteroatoms. The monoisotopic (exact) mass is 241 g/mol. The number of hydrazine groups is 1. The Hall–Kier alpha value is -2.56. The van der Waals surface area contributed by atoms with Gasteiger partial charge in [0.1, 0.15) is 5.69 Å². The number of amides is 1. The van der Waals surface area contributed by atoms with Gasteiger partial charge in [-0.25, -0.2) is 5.01 Å². The molecule has 0 radical (unpaired) electrons. The van der Waals surface area contributed by atoms with Gasteiger partial charge in [0.2, 0.25) is 11.3 Å². The molecule has 3 rings (SSSR count). The average molecular weight is 241 g/mol. The van der Waals surface area contributed by atoms with Gasteiger partial charge in [0.25, 0.3) is 0 Å². The van der Waals surface area contributed by atoms with Gasteiger partial charge in [-0.05, 0) is 18.2 Å². The molecule has 0 aliphatic carbocycles. The molecule has 0 saturated heterocycles. The molecule has 1 aliphatic heterocycles. The van der Waals surface area contributed by atoms with Gasteiger partial charge in [0.15, 0.2) is 0 Å². The number of nitrogens with one attached hydrogen (secondary N) is 2. The highest BCUT2D eigenvalue weighted by Crippen LogP contribution is 2.20. The molecule has 1 aromatic heterocycles. The zero-order valence-corrected chi connectivity index (χ0v) is 9.73. The number of hydrogen-bond acceptors (Lipinski definition) is 3. The standard InChI is InChI=1S/C13H11N3O2/c1-8(17)16-7-6-11-12(15-16)13(18)9-4-2-3-5-10(9)14-11/h2-7,15H,1H3,(H,14,18). The molecular formula is C13H11N3O2. The third kappa shape index (κ3) is 1.48. The van der Waals surface area contributed by atoms with Gasteiger partial charge in [0.05, 0.1) is 5.69 Å². The predicted molar refractivity (Wildman–Crippen MR) is 69.7 cm³/mol. The first-order valence-corrected chi connectivity index (χ1v) is 5.56. The summed E-state index contributed by atoms with van der Waals surface area (Å²) in [5, 5.41) is 1.88. The number of H-pyrrole nitrogens is 1. The van der Waals surface area contributed by atoms with Crippen molar-refractivity contribution in [3.8, 4) is 0 Å². The second-order valence-electron chi connectivity index (χ2n) is 4.10. The van der Waals surface area contributed by atoms with Gasteiger partial charge >= 0.3 is 0 Å². The molecule has 0 spiro atoms. The first kappa shape index (κ1) is 10.6. The highest BCUT2D eigenvalue weighted by Gasteiger charge is 2.17. The van der Waals surface area contributed by atoms with Gasteiger partial charge < -0.3 is 4.98 Å². The van der Waals surface area contributed by atoms with Crippen LogP contribution in [-0.4, -0.2) is 15.9 Å². The van der Waals surface area contributed by atoms with E-state index in [1.807, 2.05) is 18.2 Å². The first-order chi connectivity index (χ1) is 8.66. The van der Waals surface area contributed by atoms with Crippen molar-refractivity contribution in [2.24, 2.45) is 0 Å². The molecule has 90 valence electrons. The Morgan fingerprint density at radius 1 is 1.28 bits per heavy atom. The highest BCUT2D eigenvalue weighted by molar-refractivity contribution is 5.87. The van der Waals surface area contributed by atoms with Crippen molar-refractivity contribution in [1.29, 1.82) is 0 Å². The number of nitrogens with zero attached hydrogens (tertiary/aromatic N) is 1. The minimum Gasteiger partial charge on any atom is -0.353 e. The quantitative estimate of drug-likeness (QED) is 0.737. The maximum Gasteiger partial charge on any atom is 0.241 e. The molecule has 0 saturated carbocycles. The van der Waals surface area contributed by atoms with Crippen LogP contribution in [-0.2, 0) is 4.79 Å². The third-order valence-electron chi connectivity index (χ3n) is 2.90. The molecule has 1 aliphatic rings. The number of benzene rings is 1. The number of fused-ring (bicyclic) bond motifs is 2. The zero-order valence-electron chi connectivity index (χ0n) is 9.73. The fourth-order valence-corrected chi connectivity index (χ4v) is 1.98. The third-order valence-corrected chi connectivity index (χ3v) is 2.90. The average Bonchev–Trinajstić information content (AvgIpc) is 2.38. The van der Waals surface area contributed by atoms with E-state index in [0.29, 0.717) is 16.8 Å². The molecule has 1 aromatic carbocycles. The van der Waals surface area contributed by atoms with Gasteiger partial charge in [-0.3, -0.25) is 15.0 Å². The van der Waals surface area contributed by atoms with Crippen LogP contribution >= 0.6 is 0 Å². The molecule has 0 fully saturated rings. The molecule has 2 heterocycles. The van der Waals surface area contributed by atoms with E-state index in [-0.39, 0.29) is 11.3 Å². The van der Waals surface area contributed by atoms with Crippen molar-refractivity contribution >= 4 is 28.6 Å². The molecule has 18 heavy (non-hydrogen) atoms. The van der Waals surface area contributed by atoms with E-state index < -0.39 is 0 Å². The largest absolute Gasteiger partial charge is 0.353 e. The molecule has 2 aromatic rings. The Morgan fingerprint density at radius 3 is 2.83 bits per heavy atom. The fourth-order valence-electron chi connectivity index (χ4n) is 1.98. The normalized spacial score (nSPS) is 13.3. The van der Waals surface area contributed by atoms with E-state index >= 15 is 0 Å². The number of aromatic nitrogens is 1. The number of anilines is 1. The number of pyridine rings is 1. The summed E-state index contributed by atoms with van der Waals surface area (Å²) < 4.78 is 0. The van der Waals surface area contributed by atoms with Crippen LogP contribution in [0.4, 0.5) is 5.69 Å². The van der Waals surface area contributed by atoms with Crippen molar-refractivity contribution in [2.45, 2.75) is 6.92 Å². The second kappa shape index (κ2) is 3.73. The molecule has 0 unspecified atom stereocenters. The van der Waals surface area contributed by atoms with Crippen molar-refractivity contribution in [3.05, 3.63) is 46.4 Å². The maximum absolute atomic E-state index is 12.3. The number of carbonyl (C=O) groups is 1. The van der Waals surface area contributed by atoms with Gasteiger partial charge in [-0.15, -0.1) is 0 Å². The second-order valence-corrected chi connectivity index (χ2v) is 4.10. The summed E-state index contributed by atoms with van der Waals surface area (Å²) in [5.74, 6) is -0.176. The Morgan fingerprint density at radius 2 is 2.06 bits per heavy atom. The first-order valence-electron chi connectivity index (χ1n) is 5.56. The van der Waals surface area contributed by atoms with E-state index in [9.17, 15) is 9.59 Å². The smallest absolute Gasteiger partial charge is 0.241 e. The summed E-state index contributed by atoms with van der Waals surface area (Å²) >= 11 is 0. The van der Waals surface area contributed by atoms with Crippen LogP contribution in [0.1, 0.15) is 12.6 Å². The molecule has 2 N–H and O–H groups in total. The van der Waals surface area contributed by atoms with Crippen LogP contribution in [0.3, 0.4) is 0 Å². The van der Waals surface area contributed by atoms with Crippen LogP contribution in [0.25, 0.3) is 17.0 Å². The van der Waals surface area contributed by atoms with Crippen LogP contribution < -0.4 is 10.9 Å². The van der Waals surface area contributed by atoms with E-state index in [1.54, 1.807) is 18.3 Å². The van der Waals surface area contributed by atoms with Crippen molar-refractivity contribution < 1.29 is 4.79 Å². The van der Waals surface area contributed by atoms with E-state index in [2.05, 4.69) is 10.4 Å². The number of hydrogen-bond donors (Lipinski definition) is 2. The van der Waals surface area contributed by atoms with E-state index in [0.717, 1.165) is 5.52 Å². The zero-order chi connectivity index (χ0) is 12.7. The van der Waals surface area contributed by atoms with Gasteiger partial charge in [-0.1, -0.05) is 12.1 Å². The minimum absolute atomic E-state index is 0.116. The Bertz CT molecular complexity index is 731. The fraction of sp³-hybridized carbons (Fsp3) is 0.0769. The molecular weight excluding hydrogens is 230 g/mol. The number of para-hydroxylation sites is 1. The minimum atomic E-state index is -0.176. The number of aromatic amines is 1. The van der Waals surface area contributed by atoms with Crippen LogP contribution in [0, 0.1) is 0 Å². The van der Waals surface area contributed by atoms with Gasteiger partial charge in [0, 0.05) is 24.0 Å². The Kier molecular flexibility index (Phi) is 2.19. The Balaban J connectivity index is 2.26. The lowest BCUT2D eigenvalue weighted by Gasteiger charge is -2.23. The molecule has 5 nitrogen and oxygen atoms in total. The Labute approximate surface area is 103 Å². The highest BCUT2D eigenvalue weighted by atomic mass is 16.2. The summed E-state index contributed by atoms with van der Waals surface area (Å²) in [6, 6.07) is 7.28. The lowest BCUT2D eigenvalue weighted by molar-refractivity contribution is -0.125. The number of rotatable bonds is 0. The van der Waals surface area contributed by atoms with E-state index in [1.165, 1.54) is 11.9 Å². The summed E-state index contributed by atoms with van der Waals surface area (Å²) in [5.41, 5.74) is 4.55. The summed E-state index contributed by atoms with van der Waals surface area (Å²) in [7, 11) is 0. The van der Waals surface area contributed by atoms with Crippen LogP contribution in [0.2, 0.25) is 0 Å². The summed E-state index contributed by atoms with van der Waals surface area (Å²) in [6.07, 6.45) is 3.30. The molecule has 1 amide bonds. The topological polar surface area (TPSA) is 65.2 Å². The van der Waals surface area contributed by atoms with Crippen molar-refractivity contribution in [1.82, 2.24) is 9.99 Å². The van der Waals surface area contributed by atoms with Crippen molar-refractivity contribution in [3.63, 3.8) is 0 Å². The van der Waals surface area contributed by atoms with Crippen LogP contribution in [0.15, 0.2) is 35.3 Å². The predicted octanol–water partition coefficient (Wildman–Crippen LogP) is 1.69. The lowest BCUT2D eigenvalue weighted by atomic mass is 10.1. The SMILES string of the molecule is CC(=O)N1C=Cc2[nH]c3ccccc3c(=O)c2N1. The molecule has 0 atom stereocenters.